The van der Waals surface area contributed by atoms with Gasteiger partial charge in [-0.15, -0.1) is 0 Å². The van der Waals surface area contributed by atoms with E-state index in [9.17, 15) is 13.6 Å². The summed E-state index contributed by atoms with van der Waals surface area (Å²) in [6.07, 6.45) is 4.20. The third-order valence-corrected chi connectivity index (χ3v) is 6.46. The van der Waals surface area contributed by atoms with Crippen LogP contribution in [0.5, 0.6) is 0 Å². The number of amides is 1. The van der Waals surface area contributed by atoms with E-state index in [4.69, 9.17) is 0 Å². The molecule has 30 heavy (non-hydrogen) atoms. The molecule has 0 aliphatic carbocycles. The highest BCUT2D eigenvalue weighted by atomic mass is 19.2. The number of aryl methyl sites for hydroxylation is 1. The molecule has 2 heterocycles. The number of fused-ring (bicyclic) bond motifs is 2. The maximum atomic E-state index is 13.7. The highest BCUT2D eigenvalue weighted by Gasteiger charge is 2.46. The molecular weight excluding hydrogens is 382 g/mol. The van der Waals surface area contributed by atoms with Gasteiger partial charge in [0.2, 0.25) is 0 Å². The first-order valence-corrected chi connectivity index (χ1v) is 10.5. The van der Waals surface area contributed by atoms with Gasteiger partial charge in [0.15, 0.2) is 11.6 Å². The van der Waals surface area contributed by atoms with Crippen LogP contribution in [0, 0.1) is 18.6 Å². The molecular formula is C25H28F2N2O. The van der Waals surface area contributed by atoms with Crippen LogP contribution in [0.4, 0.5) is 14.5 Å². The van der Waals surface area contributed by atoms with Crippen LogP contribution in [0.2, 0.25) is 0 Å². The summed E-state index contributed by atoms with van der Waals surface area (Å²) in [6, 6.07) is 9.58. The molecule has 0 saturated carbocycles. The topological polar surface area (TPSA) is 23.6 Å². The molecule has 0 aromatic heterocycles. The number of nitrogens with zero attached hydrogens (tertiary/aromatic N) is 2. The van der Waals surface area contributed by atoms with Gasteiger partial charge in [0.25, 0.3) is 5.91 Å². The fourth-order valence-corrected chi connectivity index (χ4v) is 4.65. The van der Waals surface area contributed by atoms with Crippen LogP contribution in [-0.4, -0.2) is 37.0 Å². The van der Waals surface area contributed by atoms with Crippen molar-refractivity contribution in [3.63, 3.8) is 0 Å². The molecule has 1 fully saturated rings. The minimum Gasteiger partial charge on any atom is -0.307 e. The van der Waals surface area contributed by atoms with Crippen LogP contribution in [-0.2, 0) is 5.41 Å². The lowest BCUT2D eigenvalue weighted by Gasteiger charge is -2.39. The summed E-state index contributed by atoms with van der Waals surface area (Å²) in [5, 5.41) is 0. The number of benzene rings is 2. The van der Waals surface area contributed by atoms with Crippen LogP contribution in [0.3, 0.4) is 0 Å². The zero-order chi connectivity index (χ0) is 21.5. The fourth-order valence-electron chi connectivity index (χ4n) is 4.65. The number of halogens is 2. The minimum absolute atomic E-state index is 0.0862. The predicted octanol–water partition coefficient (Wildman–Crippen LogP) is 5.23. The number of rotatable bonds is 3. The molecule has 5 heteroatoms. The van der Waals surface area contributed by atoms with Crippen molar-refractivity contribution in [2.24, 2.45) is 0 Å². The molecule has 2 aromatic carbocycles. The maximum absolute atomic E-state index is 13.7. The van der Waals surface area contributed by atoms with Crippen LogP contribution < -0.4 is 4.90 Å². The zero-order valence-corrected chi connectivity index (χ0v) is 17.8. The van der Waals surface area contributed by atoms with Gasteiger partial charge in [0, 0.05) is 29.8 Å². The number of likely N-dealkylation sites (tertiary alicyclic amines) is 1. The van der Waals surface area contributed by atoms with E-state index in [1.165, 1.54) is 22.8 Å². The van der Waals surface area contributed by atoms with Gasteiger partial charge in [-0.2, -0.15) is 0 Å². The first-order chi connectivity index (χ1) is 14.3. The molecule has 2 aromatic rings. The Morgan fingerprint density at radius 2 is 1.80 bits per heavy atom. The third kappa shape index (κ3) is 3.79. The van der Waals surface area contributed by atoms with Gasteiger partial charge in [-0.3, -0.25) is 9.69 Å². The SMILES string of the molecule is CC(C)=CCN1CCC2(CC1)CN(C(=O)c1ccc(F)c(F)c1)c1ccc(C)cc12. The number of carbonyl (C=O) groups is 1. The maximum Gasteiger partial charge on any atom is 0.258 e. The highest BCUT2D eigenvalue weighted by Crippen LogP contribution is 2.47. The minimum atomic E-state index is -0.994. The summed E-state index contributed by atoms with van der Waals surface area (Å²) in [4.78, 5) is 17.5. The normalized spacial score (nSPS) is 17.8. The Morgan fingerprint density at radius 3 is 2.47 bits per heavy atom. The average Bonchev–Trinajstić information content (AvgIpc) is 3.02. The first kappa shape index (κ1) is 20.7. The van der Waals surface area contributed by atoms with E-state index in [0.717, 1.165) is 50.3 Å². The van der Waals surface area contributed by atoms with Gasteiger partial charge in [0.05, 0.1) is 0 Å². The van der Waals surface area contributed by atoms with E-state index < -0.39 is 11.6 Å². The summed E-state index contributed by atoms with van der Waals surface area (Å²) in [7, 11) is 0. The summed E-state index contributed by atoms with van der Waals surface area (Å²) in [5.41, 5.74) is 4.69. The van der Waals surface area contributed by atoms with Crippen molar-refractivity contribution in [2.45, 2.75) is 39.0 Å². The van der Waals surface area contributed by atoms with Gasteiger partial charge in [0.1, 0.15) is 0 Å². The van der Waals surface area contributed by atoms with Gasteiger partial charge < -0.3 is 4.90 Å². The number of carbonyl (C=O) groups excluding carboxylic acids is 1. The molecule has 2 aliphatic heterocycles. The molecule has 1 amide bonds. The number of anilines is 1. The second-order valence-electron chi connectivity index (χ2n) is 8.90. The van der Waals surface area contributed by atoms with Crippen LogP contribution in [0.1, 0.15) is 48.2 Å². The van der Waals surface area contributed by atoms with Gasteiger partial charge in [-0.05, 0) is 76.5 Å². The van der Waals surface area contributed by atoms with Crippen LogP contribution in [0.15, 0.2) is 48.0 Å². The molecule has 0 radical (unpaired) electrons. The van der Waals surface area contributed by atoms with E-state index in [-0.39, 0.29) is 16.9 Å². The molecule has 1 spiro atoms. The fraction of sp³-hybridized carbons (Fsp3) is 0.400. The number of allylic oxidation sites excluding steroid dienone is 1. The molecule has 0 N–H and O–H groups in total. The predicted molar refractivity (Wildman–Crippen MR) is 116 cm³/mol. The molecule has 1 saturated heterocycles. The third-order valence-electron chi connectivity index (χ3n) is 6.46. The molecule has 158 valence electrons. The van der Waals surface area contributed by atoms with E-state index in [0.29, 0.717) is 6.54 Å². The van der Waals surface area contributed by atoms with Crippen molar-refractivity contribution in [2.75, 3.05) is 31.1 Å². The lowest BCUT2D eigenvalue weighted by Crippen LogP contribution is -2.46. The smallest absolute Gasteiger partial charge is 0.258 e. The molecule has 4 rings (SSSR count). The van der Waals surface area contributed by atoms with Gasteiger partial charge >= 0.3 is 0 Å². The van der Waals surface area contributed by atoms with Crippen LogP contribution >= 0.6 is 0 Å². The molecule has 2 aliphatic rings. The highest BCUT2D eigenvalue weighted by molar-refractivity contribution is 6.07. The monoisotopic (exact) mass is 410 g/mol. The molecule has 3 nitrogen and oxygen atoms in total. The Balaban J connectivity index is 1.62. The van der Waals surface area contributed by atoms with Crippen molar-refractivity contribution in [1.82, 2.24) is 4.90 Å². The van der Waals surface area contributed by atoms with Crippen molar-refractivity contribution >= 4 is 11.6 Å². The first-order valence-electron chi connectivity index (χ1n) is 10.5. The zero-order valence-electron chi connectivity index (χ0n) is 17.8. The van der Waals surface area contributed by atoms with Gasteiger partial charge in [-0.25, -0.2) is 8.78 Å². The van der Waals surface area contributed by atoms with Crippen molar-refractivity contribution < 1.29 is 13.6 Å². The number of piperidine rings is 1. The summed E-state index contributed by atoms with van der Waals surface area (Å²) in [6.45, 7) is 9.79. The number of hydrogen-bond acceptors (Lipinski definition) is 2. The van der Waals surface area contributed by atoms with E-state index in [1.807, 2.05) is 12.1 Å². The molecule has 0 bridgehead atoms. The largest absolute Gasteiger partial charge is 0.307 e. The van der Waals surface area contributed by atoms with Crippen molar-refractivity contribution in [3.05, 3.63) is 76.4 Å². The quantitative estimate of drug-likeness (QED) is 0.647. The van der Waals surface area contributed by atoms with E-state index in [2.05, 4.69) is 37.8 Å². The summed E-state index contributed by atoms with van der Waals surface area (Å²) in [5.74, 6) is -2.21. The lowest BCUT2D eigenvalue weighted by atomic mass is 9.74. The molecule has 0 unspecified atom stereocenters. The van der Waals surface area contributed by atoms with E-state index >= 15 is 0 Å². The van der Waals surface area contributed by atoms with Crippen molar-refractivity contribution in [3.8, 4) is 0 Å². The Kier molecular flexibility index (Phi) is 5.49. The van der Waals surface area contributed by atoms with Crippen LogP contribution in [0.25, 0.3) is 0 Å². The van der Waals surface area contributed by atoms with E-state index in [1.54, 1.807) is 4.90 Å². The summed E-state index contributed by atoms with van der Waals surface area (Å²) < 4.78 is 27.1. The number of hydrogen-bond donors (Lipinski definition) is 0. The standard InChI is InChI=1S/C25H28F2N2O/c1-17(2)8-11-28-12-9-25(10-13-28)16-29(23-7-4-18(3)14-20(23)25)24(30)19-5-6-21(26)22(27)15-19/h4-8,14-15H,9-13,16H2,1-3H3. The Labute approximate surface area is 177 Å². The Bertz CT molecular complexity index is 1000. The second kappa shape index (κ2) is 7.95. The van der Waals surface area contributed by atoms with Crippen molar-refractivity contribution in [1.29, 1.82) is 0 Å². The summed E-state index contributed by atoms with van der Waals surface area (Å²) >= 11 is 0. The lowest BCUT2D eigenvalue weighted by molar-refractivity contribution is 0.0977. The average molecular weight is 411 g/mol. The second-order valence-corrected chi connectivity index (χ2v) is 8.90. The molecule has 0 atom stereocenters. The van der Waals surface area contributed by atoms with Gasteiger partial charge in [-0.1, -0.05) is 29.3 Å². The Hall–Kier alpha value is -2.53. The Morgan fingerprint density at radius 1 is 1.07 bits per heavy atom.